The molecule has 0 bridgehead atoms. The fourth-order valence-corrected chi connectivity index (χ4v) is 3.68. The van der Waals surface area contributed by atoms with Crippen LogP contribution < -0.4 is 5.32 Å². The average molecular weight is 358 g/mol. The van der Waals surface area contributed by atoms with Crippen molar-refractivity contribution in [3.63, 3.8) is 0 Å². The van der Waals surface area contributed by atoms with Crippen molar-refractivity contribution in [2.75, 3.05) is 19.6 Å². The highest BCUT2D eigenvalue weighted by molar-refractivity contribution is 6.06. The fraction of sp³-hybridized carbons (Fsp3) is 0.650. The second-order valence-corrected chi connectivity index (χ2v) is 8.00. The van der Waals surface area contributed by atoms with Gasteiger partial charge in [0.2, 0.25) is 0 Å². The van der Waals surface area contributed by atoms with E-state index < -0.39 is 0 Å². The molecule has 2 aromatic rings. The molecule has 0 radical (unpaired) electrons. The van der Waals surface area contributed by atoms with Gasteiger partial charge in [0, 0.05) is 24.8 Å². The lowest BCUT2D eigenvalue weighted by Crippen LogP contribution is -2.46. The van der Waals surface area contributed by atoms with Gasteiger partial charge in [-0.3, -0.25) is 9.69 Å². The van der Waals surface area contributed by atoms with Crippen LogP contribution in [0.15, 0.2) is 10.6 Å². The number of hydrogen-bond donors (Lipinski definition) is 1. The van der Waals surface area contributed by atoms with E-state index in [9.17, 15) is 4.79 Å². The van der Waals surface area contributed by atoms with Crippen molar-refractivity contribution >= 4 is 17.0 Å². The Kier molecular flexibility index (Phi) is 5.61. The molecule has 0 saturated carbocycles. The predicted octanol–water partition coefficient (Wildman–Crippen LogP) is 3.50. The van der Waals surface area contributed by atoms with Gasteiger partial charge < -0.3 is 9.84 Å². The van der Waals surface area contributed by atoms with Gasteiger partial charge in [-0.25, -0.2) is 4.98 Å². The summed E-state index contributed by atoms with van der Waals surface area (Å²) in [7, 11) is 0. The van der Waals surface area contributed by atoms with E-state index in [0.717, 1.165) is 24.7 Å². The maximum atomic E-state index is 12.9. The number of pyridine rings is 1. The van der Waals surface area contributed by atoms with Gasteiger partial charge in [-0.05, 0) is 51.1 Å². The third-order valence-corrected chi connectivity index (χ3v) is 5.34. The maximum Gasteiger partial charge on any atom is 0.259 e. The van der Waals surface area contributed by atoms with Gasteiger partial charge in [0.05, 0.1) is 16.6 Å². The number of aryl methyl sites for hydroxylation is 1. The van der Waals surface area contributed by atoms with E-state index in [-0.39, 0.29) is 11.8 Å². The molecule has 1 N–H and O–H groups in total. The van der Waals surface area contributed by atoms with E-state index in [1.165, 1.54) is 12.8 Å². The number of rotatable bonds is 5. The number of likely N-dealkylation sites (tertiary alicyclic amines) is 1. The molecule has 142 valence electrons. The second kappa shape index (κ2) is 7.74. The van der Waals surface area contributed by atoms with Gasteiger partial charge in [0.15, 0.2) is 0 Å². The number of carbonyl (C=O) groups excluding carboxylic acids is 1. The number of fused-ring (bicyclic) bond motifs is 1. The Bertz CT molecular complexity index is 783. The van der Waals surface area contributed by atoms with Crippen LogP contribution in [0.2, 0.25) is 0 Å². The number of hydrogen-bond acceptors (Lipinski definition) is 5. The summed E-state index contributed by atoms with van der Waals surface area (Å²) in [5.74, 6) is 0.864. The molecule has 0 aliphatic carbocycles. The second-order valence-electron chi connectivity index (χ2n) is 8.00. The third kappa shape index (κ3) is 3.90. The lowest BCUT2D eigenvalue weighted by Gasteiger charge is -2.35. The molecule has 1 saturated heterocycles. The molecule has 26 heavy (non-hydrogen) atoms. The molecule has 3 heterocycles. The first kappa shape index (κ1) is 18.8. The summed E-state index contributed by atoms with van der Waals surface area (Å²) in [5, 5.41) is 7.81. The van der Waals surface area contributed by atoms with Crippen molar-refractivity contribution in [2.24, 2.45) is 5.92 Å². The van der Waals surface area contributed by atoms with Crippen molar-refractivity contribution in [3.05, 3.63) is 23.0 Å². The van der Waals surface area contributed by atoms with Crippen LogP contribution in [0.5, 0.6) is 0 Å². The van der Waals surface area contributed by atoms with E-state index in [4.69, 9.17) is 4.52 Å². The van der Waals surface area contributed by atoms with Gasteiger partial charge >= 0.3 is 0 Å². The van der Waals surface area contributed by atoms with E-state index in [0.29, 0.717) is 34.9 Å². The normalized spacial score (nSPS) is 19.8. The molecule has 1 fully saturated rings. The van der Waals surface area contributed by atoms with Gasteiger partial charge in [-0.15, -0.1) is 0 Å². The zero-order chi connectivity index (χ0) is 18.8. The molecule has 1 amide bonds. The molecule has 2 unspecified atom stereocenters. The van der Waals surface area contributed by atoms with Crippen LogP contribution in [0.25, 0.3) is 11.1 Å². The van der Waals surface area contributed by atoms with Gasteiger partial charge in [-0.2, -0.15) is 0 Å². The lowest BCUT2D eigenvalue weighted by atomic mass is 9.99. The summed E-state index contributed by atoms with van der Waals surface area (Å²) in [6, 6.07) is 2.20. The SMILES string of the molecule is Cc1noc2nc(C(C)C)cc(C(=O)NCC(C)N3CCCC(C)C3)c12. The zero-order valence-electron chi connectivity index (χ0n) is 16.5. The Morgan fingerprint density at radius 3 is 2.88 bits per heavy atom. The summed E-state index contributed by atoms with van der Waals surface area (Å²) in [4.78, 5) is 19.9. The molecule has 6 nitrogen and oxygen atoms in total. The Hall–Kier alpha value is -1.95. The standard InChI is InChI=1S/C20H30N4O2/c1-12(2)17-9-16(18-15(5)23-26-20(18)22-17)19(25)21-10-14(4)24-8-6-7-13(3)11-24/h9,12-14H,6-8,10-11H2,1-5H3,(H,21,25). The maximum absolute atomic E-state index is 12.9. The van der Waals surface area contributed by atoms with Crippen LogP contribution >= 0.6 is 0 Å². The zero-order valence-corrected chi connectivity index (χ0v) is 16.5. The summed E-state index contributed by atoms with van der Waals surface area (Å²) >= 11 is 0. The Morgan fingerprint density at radius 2 is 2.19 bits per heavy atom. The summed E-state index contributed by atoms with van der Waals surface area (Å²) < 4.78 is 5.31. The van der Waals surface area contributed by atoms with Crippen molar-refractivity contribution < 1.29 is 9.32 Å². The number of nitrogens with one attached hydrogen (secondary N) is 1. The summed E-state index contributed by atoms with van der Waals surface area (Å²) in [6.45, 7) is 13.3. The highest BCUT2D eigenvalue weighted by Crippen LogP contribution is 2.25. The van der Waals surface area contributed by atoms with Crippen molar-refractivity contribution in [3.8, 4) is 0 Å². The molecule has 1 aliphatic heterocycles. The average Bonchev–Trinajstić information content (AvgIpc) is 2.99. The largest absolute Gasteiger partial charge is 0.350 e. The minimum atomic E-state index is -0.0810. The van der Waals surface area contributed by atoms with Crippen molar-refractivity contribution in [1.29, 1.82) is 0 Å². The topological polar surface area (TPSA) is 71.3 Å². The highest BCUT2D eigenvalue weighted by atomic mass is 16.5. The van der Waals surface area contributed by atoms with Gasteiger partial charge in [0.1, 0.15) is 0 Å². The number of piperidine rings is 1. The van der Waals surface area contributed by atoms with Crippen LogP contribution in [-0.2, 0) is 0 Å². The van der Waals surface area contributed by atoms with Crippen LogP contribution in [0.4, 0.5) is 0 Å². The van der Waals surface area contributed by atoms with Crippen LogP contribution in [0, 0.1) is 12.8 Å². The Labute approximate surface area is 155 Å². The molecular weight excluding hydrogens is 328 g/mol. The smallest absolute Gasteiger partial charge is 0.259 e. The summed E-state index contributed by atoms with van der Waals surface area (Å²) in [6.07, 6.45) is 2.54. The van der Waals surface area contributed by atoms with Crippen molar-refractivity contribution in [2.45, 2.75) is 59.4 Å². The first-order chi connectivity index (χ1) is 12.4. The lowest BCUT2D eigenvalue weighted by molar-refractivity contribution is 0.0919. The van der Waals surface area contributed by atoms with Crippen LogP contribution in [0.3, 0.4) is 0 Å². The van der Waals surface area contributed by atoms with Crippen LogP contribution in [-0.4, -0.2) is 46.6 Å². The first-order valence-electron chi connectivity index (χ1n) is 9.66. The number of nitrogens with zero attached hydrogens (tertiary/aromatic N) is 3. The molecule has 6 heteroatoms. The van der Waals surface area contributed by atoms with Gasteiger partial charge in [-0.1, -0.05) is 25.9 Å². The van der Waals surface area contributed by atoms with E-state index in [1.807, 2.05) is 13.0 Å². The van der Waals surface area contributed by atoms with E-state index in [2.05, 4.69) is 48.1 Å². The monoisotopic (exact) mass is 358 g/mol. The molecule has 2 atom stereocenters. The number of aromatic nitrogens is 2. The number of carbonyl (C=O) groups is 1. The third-order valence-electron chi connectivity index (χ3n) is 5.34. The fourth-order valence-electron chi connectivity index (χ4n) is 3.68. The highest BCUT2D eigenvalue weighted by Gasteiger charge is 2.23. The number of amides is 1. The molecule has 2 aromatic heterocycles. The minimum Gasteiger partial charge on any atom is -0.350 e. The van der Waals surface area contributed by atoms with Gasteiger partial charge in [0.25, 0.3) is 11.6 Å². The Balaban J connectivity index is 1.76. The molecule has 0 spiro atoms. The molecule has 3 rings (SSSR count). The quantitative estimate of drug-likeness (QED) is 0.886. The predicted molar refractivity (Wildman–Crippen MR) is 102 cm³/mol. The first-order valence-corrected chi connectivity index (χ1v) is 9.66. The Morgan fingerprint density at radius 1 is 1.42 bits per heavy atom. The molecule has 1 aliphatic rings. The van der Waals surface area contributed by atoms with E-state index in [1.54, 1.807) is 0 Å². The molecular formula is C20H30N4O2. The molecule has 0 aromatic carbocycles. The van der Waals surface area contributed by atoms with E-state index >= 15 is 0 Å². The summed E-state index contributed by atoms with van der Waals surface area (Å²) in [5.41, 5.74) is 2.59. The minimum absolute atomic E-state index is 0.0810. The van der Waals surface area contributed by atoms with Crippen LogP contribution in [0.1, 0.15) is 68.2 Å². The van der Waals surface area contributed by atoms with Crippen molar-refractivity contribution in [1.82, 2.24) is 20.4 Å².